The van der Waals surface area contributed by atoms with E-state index in [9.17, 15) is 0 Å². The Hall–Kier alpha value is -8.72. The number of aromatic nitrogens is 2. The first-order valence-electron chi connectivity index (χ1n) is 23.1. The molecule has 2 aliphatic rings. The molecule has 0 atom stereocenters. The maximum Gasteiger partial charge on any atom is 0.160 e. The molecule has 0 bridgehead atoms. The Balaban J connectivity index is 0.980. The summed E-state index contributed by atoms with van der Waals surface area (Å²) in [5, 5.41) is 7.48. The van der Waals surface area contributed by atoms with Crippen molar-refractivity contribution in [1.82, 2.24) is 9.97 Å². The molecular formula is C65H40N2. The van der Waals surface area contributed by atoms with E-state index in [-0.39, 0.29) is 0 Å². The summed E-state index contributed by atoms with van der Waals surface area (Å²) < 4.78 is 0. The first kappa shape index (κ1) is 37.6. The van der Waals surface area contributed by atoms with Gasteiger partial charge in [0.2, 0.25) is 0 Å². The van der Waals surface area contributed by atoms with E-state index in [1.807, 2.05) is 0 Å². The van der Waals surface area contributed by atoms with Crippen molar-refractivity contribution in [2.75, 3.05) is 0 Å². The molecule has 11 aromatic carbocycles. The van der Waals surface area contributed by atoms with Gasteiger partial charge in [-0.15, -0.1) is 0 Å². The second-order valence-electron chi connectivity index (χ2n) is 18.0. The van der Waals surface area contributed by atoms with Gasteiger partial charge in [0.15, 0.2) is 5.82 Å². The summed E-state index contributed by atoms with van der Waals surface area (Å²) in [7, 11) is 0. The molecule has 0 fully saturated rings. The summed E-state index contributed by atoms with van der Waals surface area (Å²) in [6, 6.07) is 88.7. The van der Waals surface area contributed by atoms with Gasteiger partial charge in [-0.05, 0) is 117 Å². The third kappa shape index (κ3) is 5.57. The lowest BCUT2D eigenvalue weighted by atomic mass is 9.70. The molecule has 0 aliphatic heterocycles. The summed E-state index contributed by atoms with van der Waals surface area (Å²) in [5.74, 6) is 0.688. The van der Waals surface area contributed by atoms with E-state index >= 15 is 0 Å². The van der Waals surface area contributed by atoms with Crippen LogP contribution in [-0.2, 0) is 5.41 Å². The van der Waals surface area contributed by atoms with Crippen molar-refractivity contribution in [2.24, 2.45) is 0 Å². The molecule has 0 unspecified atom stereocenters. The van der Waals surface area contributed by atoms with Crippen molar-refractivity contribution in [3.05, 3.63) is 265 Å². The van der Waals surface area contributed by atoms with Crippen LogP contribution in [0.4, 0.5) is 0 Å². The SMILES string of the molecule is c1ccc(-c2cccc(-c3cc(-c4cccc5c4-c4ccccc4C54c5ccccc5-c5ccccc54)nc(-c4ccc(-c5c6ccccc6cc6c5ccc5ccccc56)cc4)n3)c2)cc1. The third-order valence-electron chi connectivity index (χ3n) is 14.5. The average molecular weight is 849 g/mol. The standard InChI is InChI=1S/C65H40N2/c1-2-16-41(17-3-1)45-20-14-21-47(38-45)60-40-61(54-27-15-31-59-63(54)53-26-10-13-30-58(53)65(59)56-28-11-8-24-50(56)51-25-9-12-29-57(51)65)67-64(66-60)44-34-32-43(33-35-44)62-49-23-7-5-19-46(49)39-55-48-22-6-4-18-42(48)36-37-52(55)62/h1-40H. The fraction of sp³-hybridized carbons (Fsp3) is 0.0154. The topological polar surface area (TPSA) is 25.8 Å². The smallest absolute Gasteiger partial charge is 0.160 e. The van der Waals surface area contributed by atoms with Gasteiger partial charge >= 0.3 is 0 Å². The Labute approximate surface area is 389 Å². The lowest BCUT2D eigenvalue weighted by Crippen LogP contribution is -2.25. The van der Waals surface area contributed by atoms with Gasteiger partial charge in [0.25, 0.3) is 0 Å². The molecule has 1 spiro atoms. The van der Waals surface area contributed by atoms with Gasteiger partial charge in [-0.2, -0.15) is 0 Å². The lowest BCUT2D eigenvalue weighted by molar-refractivity contribution is 0.794. The van der Waals surface area contributed by atoms with E-state index in [2.05, 4.69) is 243 Å². The predicted octanol–water partition coefficient (Wildman–Crippen LogP) is 16.6. The predicted molar refractivity (Wildman–Crippen MR) is 278 cm³/mol. The average Bonchev–Trinajstić information content (AvgIpc) is 3.88. The van der Waals surface area contributed by atoms with Crippen molar-refractivity contribution in [2.45, 2.75) is 5.41 Å². The highest BCUT2D eigenvalue weighted by Gasteiger charge is 2.52. The molecule has 14 rings (SSSR count). The minimum atomic E-state index is -0.453. The van der Waals surface area contributed by atoms with Crippen LogP contribution in [0.25, 0.3) is 111 Å². The van der Waals surface area contributed by atoms with Crippen LogP contribution in [-0.4, -0.2) is 9.97 Å². The van der Waals surface area contributed by atoms with E-state index in [1.165, 1.54) is 88.0 Å². The van der Waals surface area contributed by atoms with E-state index in [0.29, 0.717) is 5.82 Å². The van der Waals surface area contributed by atoms with Gasteiger partial charge in [0.05, 0.1) is 16.8 Å². The summed E-state index contributed by atoms with van der Waals surface area (Å²) in [5.41, 5.74) is 19.4. The second kappa shape index (κ2) is 14.7. The van der Waals surface area contributed by atoms with Gasteiger partial charge in [0, 0.05) is 16.7 Å². The van der Waals surface area contributed by atoms with E-state index in [4.69, 9.17) is 9.97 Å². The second-order valence-corrected chi connectivity index (χ2v) is 18.0. The van der Waals surface area contributed by atoms with Gasteiger partial charge in [-0.25, -0.2) is 9.97 Å². The number of fused-ring (bicyclic) bond motifs is 14. The molecular weight excluding hydrogens is 809 g/mol. The molecule has 0 N–H and O–H groups in total. The van der Waals surface area contributed by atoms with E-state index in [0.717, 1.165) is 39.2 Å². The number of hydrogen-bond acceptors (Lipinski definition) is 2. The Morgan fingerprint density at radius 1 is 0.254 bits per heavy atom. The van der Waals surface area contributed by atoms with Crippen LogP contribution in [0.15, 0.2) is 243 Å². The monoisotopic (exact) mass is 848 g/mol. The Kier molecular flexibility index (Phi) is 8.23. The van der Waals surface area contributed by atoms with Crippen LogP contribution in [0.5, 0.6) is 0 Å². The van der Waals surface area contributed by atoms with Gasteiger partial charge in [0.1, 0.15) is 0 Å². The highest BCUT2D eigenvalue weighted by Crippen LogP contribution is 2.64. The zero-order valence-corrected chi connectivity index (χ0v) is 36.5. The molecule has 2 nitrogen and oxygen atoms in total. The quantitative estimate of drug-likeness (QED) is 0.127. The van der Waals surface area contributed by atoms with Crippen LogP contribution >= 0.6 is 0 Å². The number of nitrogens with zero attached hydrogens (tertiary/aromatic N) is 2. The zero-order valence-electron chi connectivity index (χ0n) is 36.5. The van der Waals surface area contributed by atoms with Crippen molar-refractivity contribution in [3.8, 4) is 78.4 Å². The summed E-state index contributed by atoms with van der Waals surface area (Å²) >= 11 is 0. The van der Waals surface area contributed by atoms with Crippen molar-refractivity contribution in [3.63, 3.8) is 0 Å². The van der Waals surface area contributed by atoms with Gasteiger partial charge in [-0.3, -0.25) is 0 Å². The summed E-state index contributed by atoms with van der Waals surface area (Å²) in [6.07, 6.45) is 0. The largest absolute Gasteiger partial charge is 0.228 e. The van der Waals surface area contributed by atoms with Crippen LogP contribution in [0.3, 0.4) is 0 Å². The van der Waals surface area contributed by atoms with Crippen LogP contribution in [0.1, 0.15) is 22.3 Å². The molecule has 0 radical (unpaired) electrons. The van der Waals surface area contributed by atoms with Gasteiger partial charge in [-0.1, -0.05) is 224 Å². The van der Waals surface area contributed by atoms with Crippen LogP contribution in [0.2, 0.25) is 0 Å². The number of rotatable bonds is 5. The third-order valence-corrected chi connectivity index (χ3v) is 14.5. The molecule has 310 valence electrons. The van der Waals surface area contributed by atoms with Crippen molar-refractivity contribution >= 4 is 32.3 Å². The minimum Gasteiger partial charge on any atom is -0.228 e. The highest BCUT2D eigenvalue weighted by atomic mass is 14.9. The lowest BCUT2D eigenvalue weighted by Gasteiger charge is -2.30. The Morgan fingerprint density at radius 3 is 1.58 bits per heavy atom. The van der Waals surface area contributed by atoms with Crippen LogP contribution < -0.4 is 0 Å². The van der Waals surface area contributed by atoms with Crippen molar-refractivity contribution < 1.29 is 0 Å². The number of benzene rings is 11. The van der Waals surface area contributed by atoms with E-state index < -0.39 is 5.41 Å². The van der Waals surface area contributed by atoms with Gasteiger partial charge < -0.3 is 0 Å². The Bertz CT molecular complexity index is 3930. The molecule has 12 aromatic rings. The summed E-state index contributed by atoms with van der Waals surface area (Å²) in [4.78, 5) is 11.0. The fourth-order valence-corrected chi connectivity index (χ4v) is 11.6. The molecule has 0 saturated heterocycles. The Morgan fingerprint density at radius 2 is 0.806 bits per heavy atom. The maximum absolute atomic E-state index is 5.56. The maximum atomic E-state index is 5.56. The molecule has 2 aliphatic carbocycles. The van der Waals surface area contributed by atoms with Crippen LogP contribution in [0, 0.1) is 0 Å². The first-order valence-corrected chi connectivity index (χ1v) is 23.1. The molecule has 0 amide bonds. The van der Waals surface area contributed by atoms with Crippen molar-refractivity contribution in [1.29, 1.82) is 0 Å². The molecule has 67 heavy (non-hydrogen) atoms. The highest BCUT2D eigenvalue weighted by molar-refractivity contribution is 6.20. The number of hydrogen-bond donors (Lipinski definition) is 0. The molecule has 2 heteroatoms. The summed E-state index contributed by atoms with van der Waals surface area (Å²) in [6.45, 7) is 0. The molecule has 0 saturated carbocycles. The minimum absolute atomic E-state index is 0.453. The molecule has 1 aromatic heterocycles. The normalized spacial score (nSPS) is 12.9. The van der Waals surface area contributed by atoms with E-state index in [1.54, 1.807) is 0 Å². The molecule has 1 heterocycles. The first-order chi connectivity index (χ1) is 33.2. The fourth-order valence-electron chi connectivity index (χ4n) is 11.6. The zero-order chi connectivity index (χ0) is 44.1.